The predicted molar refractivity (Wildman–Crippen MR) is 108 cm³/mol. The highest BCUT2D eigenvalue weighted by Gasteiger charge is 2.13. The topological polar surface area (TPSA) is 43.8 Å². The number of piperidine rings is 1. The predicted octanol–water partition coefficient (Wildman–Crippen LogP) is 3.42. The summed E-state index contributed by atoms with van der Waals surface area (Å²) in [7, 11) is 3.71. The van der Waals surface area contributed by atoms with E-state index in [1.165, 1.54) is 30.9 Å². The number of halogens is 1. The molecule has 1 fully saturated rings. The van der Waals surface area contributed by atoms with E-state index in [2.05, 4.69) is 26.3 Å². The van der Waals surface area contributed by atoms with Gasteiger partial charge < -0.3 is 15.1 Å². The summed E-state index contributed by atoms with van der Waals surface area (Å²) < 4.78 is 13.4. The summed E-state index contributed by atoms with van der Waals surface area (Å²) in [5.74, 6) is 1.61. The van der Waals surface area contributed by atoms with Crippen LogP contribution in [0.4, 0.5) is 10.2 Å². The van der Waals surface area contributed by atoms with Crippen molar-refractivity contribution in [1.29, 1.82) is 0 Å². The van der Waals surface area contributed by atoms with Crippen LogP contribution in [-0.4, -0.2) is 43.0 Å². The molecular formula is C21H28FN5. The van der Waals surface area contributed by atoms with E-state index in [0.29, 0.717) is 13.1 Å². The lowest BCUT2D eigenvalue weighted by Crippen LogP contribution is -2.38. The number of anilines is 1. The lowest BCUT2D eigenvalue weighted by Gasteiger charge is -2.28. The number of aromatic nitrogens is 1. The first-order valence-electron chi connectivity index (χ1n) is 9.52. The molecule has 0 radical (unpaired) electrons. The molecule has 0 amide bonds. The van der Waals surface area contributed by atoms with Crippen LogP contribution in [-0.2, 0) is 13.1 Å². The van der Waals surface area contributed by atoms with Crippen molar-refractivity contribution in [3.05, 3.63) is 59.5 Å². The van der Waals surface area contributed by atoms with Crippen LogP contribution >= 0.6 is 0 Å². The lowest BCUT2D eigenvalue weighted by atomic mass is 10.1. The van der Waals surface area contributed by atoms with Crippen molar-refractivity contribution >= 4 is 11.8 Å². The Bertz CT molecular complexity index is 771. The molecule has 0 spiro atoms. The van der Waals surface area contributed by atoms with Gasteiger partial charge in [0.2, 0.25) is 0 Å². The van der Waals surface area contributed by atoms with E-state index >= 15 is 0 Å². The Morgan fingerprint density at radius 3 is 2.74 bits per heavy atom. The van der Waals surface area contributed by atoms with Crippen LogP contribution in [0, 0.1) is 5.82 Å². The van der Waals surface area contributed by atoms with Crippen LogP contribution in [0.3, 0.4) is 0 Å². The van der Waals surface area contributed by atoms with Crippen molar-refractivity contribution in [2.45, 2.75) is 32.4 Å². The number of nitrogens with zero attached hydrogens (tertiary/aromatic N) is 4. The molecule has 1 N–H and O–H groups in total. The molecule has 1 aliphatic rings. The van der Waals surface area contributed by atoms with E-state index in [1.54, 1.807) is 19.2 Å². The molecule has 0 aliphatic carbocycles. The van der Waals surface area contributed by atoms with E-state index in [4.69, 9.17) is 0 Å². The highest BCUT2D eigenvalue weighted by molar-refractivity contribution is 5.79. The van der Waals surface area contributed by atoms with Crippen LogP contribution in [0.15, 0.2) is 47.6 Å². The Balaban J connectivity index is 1.59. The number of aliphatic imine (C=N–C) groups is 1. The molecule has 144 valence electrons. The van der Waals surface area contributed by atoms with Gasteiger partial charge in [-0.15, -0.1) is 0 Å². The van der Waals surface area contributed by atoms with Crippen molar-refractivity contribution in [2.24, 2.45) is 4.99 Å². The largest absolute Gasteiger partial charge is 0.357 e. The summed E-state index contributed by atoms with van der Waals surface area (Å²) in [6.07, 6.45) is 5.66. The van der Waals surface area contributed by atoms with Crippen molar-refractivity contribution in [3.63, 3.8) is 0 Å². The van der Waals surface area contributed by atoms with Crippen molar-refractivity contribution in [2.75, 3.05) is 32.1 Å². The van der Waals surface area contributed by atoms with Crippen molar-refractivity contribution < 1.29 is 4.39 Å². The fourth-order valence-electron chi connectivity index (χ4n) is 3.42. The Labute approximate surface area is 160 Å². The van der Waals surface area contributed by atoms with Gasteiger partial charge in [-0.1, -0.05) is 12.1 Å². The number of pyridine rings is 1. The standard InChI is InChI=1S/C21H28FN5/c1-23-21(26(2)16-18-7-6-8-19(22)13-18)25-15-17-9-10-24-20(14-17)27-11-4-3-5-12-27/h6-10,13-14H,3-5,11-12,15-16H2,1-2H3,(H,23,25). The summed E-state index contributed by atoms with van der Waals surface area (Å²) in [6.45, 7) is 3.43. The lowest BCUT2D eigenvalue weighted by molar-refractivity contribution is 0.474. The van der Waals surface area contributed by atoms with Gasteiger partial charge in [-0.3, -0.25) is 4.99 Å². The van der Waals surface area contributed by atoms with E-state index in [0.717, 1.165) is 30.4 Å². The normalized spacial score (nSPS) is 14.9. The maximum atomic E-state index is 13.4. The second-order valence-electron chi connectivity index (χ2n) is 6.96. The van der Waals surface area contributed by atoms with Gasteiger partial charge in [0.15, 0.2) is 5.96 Å². The van der Waals surface area contributed by atoms with E-state index in [-0.39, 0.29) is 5.82 Å². The molecule has 2 heterocycles. The summed E-state index contributed by atoms with van der Waals surface area (Å²) >= 11 is 0. The number of benzene rings is 1. The zero-order valence-corrected chi connectivity index (χ0v) is 16.2. The molecule has 2 aromatic rings. The van der Waals surface area contributed by atoms with Crippen LogP contribution < -0.4 is 10.2 Å². The SMILES string of the molecule is CN=C(NCc1ccnc(N2CCCCC2)c1)N(C)Cc1cccc(F)c1. The third-order valence-corrected chi connectivity index (χ3v) is 4.82. The number of hydrogen-bond donors (Lipinski definition) is 1. The van der Waals surface area contributed by atoms with Crippen LogP contribution in [0.25, 0.3) is 0 Å². The highest BCUT2D eigenvalue weighted by Crippen LogP contribution is 2.18. The Morgan fingerprint density at radius 2 is 2.00 bits per heavy atom. The molecule has 1 aromatic heterocycles. The number of rotatable bonds is 5. The third-order valence-electron chi connectivity index (χ3n) is 4.82. The molecule has 27 heavy (non-hydrogen) atoms. The minimum Gasteiger partial charge on any atom is -0.357 e. The molecular weight excluding hydrogens is 341 g/mol. The summed E-state index contributed by atoms with van der Waals surface area (Å²) in [4.78, 5) is 13.2. The zero-order valence-electron chi connectivity index (χ0n) is 16.2. The molecule has 0 saturated carbocycles. The minimum atomic E-state index is -0.217. The zero-order chi connectivity index (χ0) is 19.1. The van der Waals surface area contributed by atoms with Gasteiger partial charge >= 0.3 is 0 Å². The number of guanidine groups is 1. The Hall–Kier alpha value is -2.63. The first-order chi connectivity index (χ1) is 13.2. The van der Waals surface area contributed by atoms with Gasteiger partial charge in [-0.25, -0.2) is 9.37 Å². The fraction of sp³-hybridized carbons (Fsp3) is 0.429. The minimum absolute atomic E-state index is 0.217. The quantitative estimate of drug-likeness (QED) is 0.648. The molecule has 0 bridgehead atoms. The van der Waals surface area contributed by atoms with E-state index in [9.17, 15) is 4.39 Å². The Morgan fingerprint density at radius 1 is 1.19 bits per heavy atom. The molecule has 0 atom stereocenters. The fourth-order valence-corrected chi connectivity index (χ4v) is 3.42. The molecule has 3 rings (SSSR count). The maximum absolute atomic E-state index is 13.4. The van der Waals surface area contributed by atoms with E-state index in [1.807, 2.05) is 30.3 Å². The van der Waals surface area contributed by atoms with Gasteiger partial charge in [-0.05, 0) is 54.7 Å². The first kappa shape index (κ1) is 19.1. The number of hydrogen-bond acceptors (Lipinski definition) is 3. The first-order valence-corrected chi connectivity index (χ1v) is 9.52. The van der Waals surface area contributed by atoms with Gasteiger partial charge in [0.05, 0.1) is 0 Å². The molecule has 6 heteroatoms. The second kappa shape index (κ2) is 9.35. The molecule has 1 aliphatic heterocycles. The summed E-state index contributed by atoms with van der Waals surface area (Å²) in [5, 5.41) is 3.39. The average Bonchev–Trinajstić information content (AvgIpc) is 2.69. The average molecular weight is 369 g/mol. The monoisotopic (exact) mass is 369 g/mol. The molecule has 0 unspecified atom stereocenters. The van der Waals surface area contributed by atoms with Crippen molar-refractivity contribution in [1.82, 2.24) is 15.2 Å². The smallest absolute Gasteiger partial charge is 0.193 e. The third kappa shape index (κ3) is 5.42. The highest BCUT2D eigenvalue weighted by atomic mass is 19.1. The van der Waals surface area contributed by atoms with Crippen molar-refractivity contribution in [3.8, 4) is 0 Å². The van der Waals surface area contributed by atoms with Gasteiger partial charge in [0, 0.05) is 46.5 Å². The molecule has 1 aromatic carbocycles. The maximum Gasteiger partial charge on any atom is 0.193 e. The van der Waals surface area contributed by atoms with E-state index < -0.39 is 0 Å². The van der Waals surface area contributed by atoms with Gasteiger partial charge in [-0.2, -0.15) is 0 Å². The van der Waals surface area contributed by atoms with Gasteiger partial charge in [0.25, 0.3) is 0 Å². The number of nitrogens with one attached hydrogen (secondary N) is 1. The summed E-state index contributed by atoms with van der Waals surface area (Å²) in [6, 6.07) is 10.8. The molecule has 5 nitrogen and oxygen atoms in total. The van der Waals surface area contributed by atoms with Crippen LogP contribution in [0.5, 0.6) is 0 Å². The van der Waals surface area contributed by atoms with Crippen LogP contribution in [0.2, 0.25) is 0 Å². The van der Waals surface area contributed by atoms with Gasteiger partial charge in [0.1, 0.15) is 11.6 Å². The second-order valence-corrected chi connectivity index (χ2v) is 6.96. The Kier molecular flexibility index (Phi) is 6.63. The van der Waals surface area contributed by atoms with Crippen LogP contribution in [0.1, 0.15) is 30.4 Å². The summed E-state index contributed by atoms with van der Waals surface area (Å²) in [5.41, 5.74) is 2.09. The molecule has 1 saturated heterocycles.